The van der Waals surface area contributed by atoms with E-state index < -0.39 is 0 Å². The Hall–Kier alpha value is -0.120. The second-order valence-corrected chi connectivity index (χ2v) is 7.16. The molecule has 1 saturated heterocycles. The molecule has 3 rings (SSSR count). The van der Waals surface area contributed by atoms with E-state index in [0.717, 1.165) is 24.6 Å². The third-order valence-corrected chi connectivity index (χ3v) is 5.81. The monoisotopic (exact) mass is 280 g/mol. The molecule has 20 heavy (non-hydrogen) atoms. The van der Waals surface area contributed by atoms with E-state index in [1.54, 1.807) is 0 Å². The molecule has 0 aromatic heterocycles. The van der Waals surface area contributed by atoms with Crippen LogP contribution in [-0.4, -0.2) is 48.8 Å². The predicted molar refractivity (Wildman–Crippen MR) is 83.0 cm³/mol. The summed E-state index contributed by atoms with van der Waals surface area (Å²) in [6, 6.07) is 2.23. The number of hydrogen-bond donors (Lipinski definition) is 1. The van der Waals surface area contributed by atoms with E-state index in [9.17, 15) is 0 Å². The molecular weight excluding hydrogens is 248 g/mol. The van der Waals surface area contributed by atoms with Crippen LogP contribution in [0.1, 0.15) is 58.8 Å². The van der Waals surface area contributed by atoms with Crippen LogP contribution in [0.2, 0.25) is 0 Å². The summed E-state index contributed by atoms with van der Waals surface area (Å²) < 4.78 is 5.73. The molecule has 1 heterocycles. The van der Waals surface area contributed by atoms with Gasteiger partial charge in [-0.1, -0.05) is 19.3 Å². The Labute approximate surface area is 124 Å². The summed E-state index contributed by atoms with van der Waals surface area (Å²) >= 11 is 0. The summed E-state index contributed by atoms with van der Waals surface area (Å²) in [4.78, 5) is 2.78. The van der Waals surface area contributed by atoms with Crippen molar-refractivity contribution >= 4 is 0 Å². The van der Waals surface area contributed by atoms with Gasteiger partial charge in [0.05, 0.1) is 6.10 Å². The second kappa shape index (κ2) is 6.76. The third kappa shape index (κ3) is 3.20. The Balaban J connectivity index is 1.51. The molecule has 3 heteroatoms. The maximum atomic E-state index is 5.73. The maximum Gasteiger partial charge on any atom is 0.0604 e. The zero-order valence-electron chi connectivity index (χ0n) is 13.3. The first-order valence-corrected chi connectivity index (χ1v) is 8.88. The van der Waals surface area contributed by atoms with Gasteiger partial charge in [-0.25, -0.2) is 0 Å². The van der Waals surface area contributed by atoms with Crippen molar-refractivity contribution in [3.05, 3.63) is 0 Å². The Morgan fingerprint density at radius 3 is 2.60 bits per heavy atom. The van der Waals surface area contributed by atoms with Crippen molar-refractivity contribution in [3.63, 3.8) is 0 Å². The highest BCUT2D eigenvalue weighted by molar-refractivity contribution is 4.96. The van der Waals surface area contributed by atoms with Crippen LogP contribution in [0, 0.1) is 5.92 Å². The van der Waals surface area contributed by atoms with Crippen LogP contribution < -0.4 is 5.32 Å². The lowest BCUT2D eigenvalue weighted by Gasteiger charge is -2.50. The molecule has 1 N–H and O–H groups in total. The van der Waals surface area contributed by atoms with E-state index >= 15 is 0 Å². The highest BCUT2D eigenvalue weighted by Crippen LogP contribution is 2.33. The van der Waals surface area contributed by atoms with Crippen LogP contribution in [-0.2, 0) is 4.74 Å². The SMILES string of the molecule is CCOC1CC(N2CC(C3CCCCC3)NCC2C)C1. The van der Waals surface area contributed by atoms with Gasteiger partial charge in [-0.2, -0.15) is 0 Å². The topological polar surface area (TPSA) is 24.5 Å². The van der Waals surface area contributed by atoms with Gasteiger partial charge in [0, 0.05) is 37.8 Å². The van der Waals surface area contributed by atoms with Crippen LogP contribution in [0.4, 0.5) is 0 Å². The molecule has 1 aliphatic heterocycles. The lowest BCUT2D eigenvalue weighted by Crippen LogP contribution is -2.63. The average Bonchev–Trinajstić information content (AvgIpc) is 2.44. The first kappa shape index (κ1) is 14.8. The third-order valence-electron chi connectivity index (χ3n) is 5.81. The van der Waals surface area contributed by atoms with Gasteiger partial charge in [0.2, 0.25) is 0 Å². The minimum absolute atomic E-state index is 0.542. The quantitative estimate of drug-likeness (QED) is 0.857. The average molecular weight is 280 g/mol. The van der Waals surface area contributed by atoms with E-state index in [2.05, 4.69) is 24.1 Å². The Kier molecular flexibility index (Phi) is 5.00. The van der Waals surface area contributed by atoms with Crippen LogP contribution in [0.15, 0.2) is 0 Å². The summed E-state index contributed by atoms with van der Waals surface area (Å²) in [5.41, 5.74) is 0. The molecule has 2 aliphatic carbocycles. The van der Waals surface area contributed by atoms with E-state index in [1.165, 1.54) is 58.0 Å². The molecular formula is C17H32N2O. The number of ether oxygens (including phenoxy) is 1. The highest BCUT2D eigenvalue weighted by atomic mass is 16.5. The molecule has 3 fully saturated rings. The largest absolute Gasteiger partial charge is 0.378 e. The summed E-state index contributed by atoms with van der Waals surface area (Å²) in [6.45, 7) is 7.82. The first-order chi connectivity index (χ1) is 9.78. The van der Waals surface area contributed by atoms with E-state index in [0.29, 0.717) is 12.1 Å². The van der Waals surface area contributed by atoms with E-state index in [4.69, 9.17) is 4.74 Å². The van der Waals surface area contributed by atoms with Gasteiger partial charge in [0.15, 0.2) is 0 Å². The highest BCUT2D eigenvalue weighted by Gasteiger charge is 2.40. The van der Waals surface area contributed by atoms with Gasteiger partial charge in [-0.3, -0.25) is 4.90 Å². The summed E-state index contributed by atoms with van der Waals surface area (Å²) in [5, 5.41) is 3.84. The van der Waals surface area contributed by atoms with Crippen LogP contribution in [0.25, 0.3) is 0 Å². The maximum absolute atomic E-state index is 5.73. The van der Waals surface area contributed by atoms with Crippen molar-refractivity contribution in [2.24, 2.45) is 5.92 Å². The van der Waals surface area contributed by atoms with Crippen molar-refractivity contribution in [1.29, 1.82) is 0 Å². The predicted octanol–water partition coefficient (Wildman–Crippen LogP) is 2.80. The Bertz CT molecular complexity index is 297. The fraction of sp³-hybridized carbons (Fsp3) is 1.00. The molecule has 116 valence electrons. The van der Waals surface area contributed by atoms with Crippen molar-refractivity contribution < 1.29 is 4.74 Å². The number of nitrogens with one attached hydrogen (secondary N) is 1. The molecule has 0 amide bonds. The van der Waals surface area contributed by atoms with Crippen LogP contribution in [0.5, 0.6) is 0 Å². The number of rotatable bonds is 4. The van der Waals surface area contributed by atoms with Crippen molar-refractivity contribution in [1.82, 2.24) is 10.2 Å². The van der Waals surface area contributed by atoms with Gasteiger partial charge >= 0.3 is 0 Å². The van der Waals surface area contributed by atoms with Gasteiger partial charge in [-0.15, -0.1) is 0 Å². The fourth-order valence-electron chi connectivity index (χ4n) is 4.45. The van der Waals surface area contributed by atoms with Gasteiger partial charge in [-0.05, 0) is 45.4 Å². The minimum atomic E-state index is 0.542. The van der Waals surface area contributed by atoms with E-state index in [-0.39, 0.29) is 0 Å². The molecule has 0 bridgehead atoms. The first-order valence-electron chi connectivity index (χ1n) is 8.88. The van der Waals surface area contributed by atoms with Crippen LogP contribution in [0.3, 0.4) is 0 Å². The van der Waals surface area contributed by atoms with Gasteiger partial charge < -0.3 is 10.1 Å². The van der Waals surface area contributed by atoms with E-state index in [1.807, 2.05) is 0 Å². The van der Waals surface area contributed by atoms with Crippen molar-refractivity contribution in [2.45, 2.75) is 83.0 Å². The molecule has 0 radical (unpaired) electrons. The Morgan fingerprint density at radius 1 is 1.15 bits per heavy atom. The Morgan fingerprint density at radius 2 is 1.90 bits per heavy atom. The zero-order chi connectivity index (χ0) is 13.9. The lowest BCUT2D eigenvalue weighted by atomic mass is 9.80. The molecule has 0 spiro atoms. The summed E-state index contributed by atoms with van der Waals surface area (Å²) in [6.07, 6.45) is 10.3. The molecule has 3 aliphatic rings. The van der Waals surface area contributed by atoms with Gasteiger partial charge in [0.25, 0.3) is 0 Å². The zero-order valence-corrected chi connectivity index (χ0v) is 13.3. The number of piperazine rings is 1. The van der Waals surface area contributed by atoms with Crippen molar-refractivity contribution in [3.8, 4) is 0 Å². The van der Waals surface area contributed by atoms with Gasteiger partial charge in [0.1, 0.15) is 0 Å². The molecule has 0 aromatic carbocycles. The molecule has 2 unspecified atom stereocenters. The van der Waals surface area contributed by atoms with Crippen LogP contribution >= 0.6 is 0 Å². The minimum Gasteiger partial charge on any atom is -0.378 e. The molecule has 0 aromatic rings. The lowest BCUT2D eigenvalue weighted by molar-refractivity contribution is -0.0673. The standard InChI is InChI=1S/C17H32N2O/c1-3-20-16-9-15(10-16)19-12-17(18-11-13(19)2)14-7-5-4-6-8-14/h13-18H,3-12H2,1-2H3. The van der Waals surface area contributed by atoms with Crippen molar-refractivity contribution in [2.75, 3.05) is 19.7 Å². The molecule has 3 nitrogen and oxygen atoms in total. The number of nitrogens with zero attached hydrogens (tertiary/aromatic N) is 1. The second-order valence-electron chi connectivity index (χ2n) is 7.16. The normalized spacial score (nSPS) is 40.5. The molecule has 2 saturated carbocycles. The smallest absolute Gasteiger partial charge is 0.0604 e. The molecule has 2 atom stereocenters. The number of hydrogen-bond acceptors (Lipinski definition) is 3. The fourth-order valence-corrected chi connectivity index (χ4v) is 4.45. The summed E-state index contributed by atoms with van der Waals surface area (Å²) in [5.74, 6) is 0.932. The summed E-state index contributed by atoms with van der Waals surface area (Å²) in [7, 11) is 0.